The average Bonchev–Trinajstić information content (AvgIpc) is 1.59. The van der Waals surface area contributed by atoms with Gasteiger partial charge in [-0.25, -0.2) is 14.6 Å². The normalized spacial score (nSPS) is 14.1. The molecule has 0 saturated carbocycles. The van der Waals surface area contributed by atoms with E-state index in [9.17, 15) is 58.6 Å². The first-order valence-corrected chi connectivity index (χ1v) is 36.2. The second kappa shape index (κ2) is 36.7. The molecule has 1 aromatic heterocycles. The predicted molar refractivity (Wildman–Crippen MR) is 391 cm³/mol. The number of ether oxygens (including phenoxy) is 2. The third kappa shape index (κ3) is 22.9. The number of nitrogens with one attached hydrogen (secondary N) is 15. The lowest BCUT2D eigenvalue weighted by Gasteiger charge is -2.36. The van der Waals surface area contributed by atoms with Crippen molar-refractivity contribution in [2.75, 3.05) is 42.6 Å². The molecule has 3 heterocycles. The van der Waals surface area contributed by atoms with Crippen molar-refractivity contribution in [2.24, 2.45) is 23.1 Å². The van der Waals surface area contributed by atoms with Gasteiger partial charge in [0.25, 0.3) is 0 Å². The van der Waals surface area contributed by atoms with Crippen LogP contribution in [0.25, 0.3) is 10.2 Å². The topological polar surface area (TPSA) is 543 Å². The van der Waals surface area contributed by atoms with Crippen LogP contribution in [0.1, 0.15) is 131 Å². The number of carbonyl (C=O) groups excluding carboxylic acids is 9. The maximum absolute atomic E-state index is 14.9. The zero-order chi connectivity index (χ0) is 75.3. The molecule has 33 nitrogen and oxygen atoms in total. The van der Waals surface area contributed by atoms with Crippen LogP contribution >= 0.6 is 32.9 Å². The first-order chi connectivity index (χ1) is 48.8. The van der Waals surface area contributed by atoms with Crippen molar-refractivity contribution in [2.45, 2.75) is 146 Å². The zero-order valence-electron chi connectivity index (χ0n) is 57.6. The largest absolute Gasteiger partial charge is 0.508 e. The number of esters is 1. The van der Waals surface area contributed by atoms with Gasteiger partial charge in [-0.3, -0.25) is 49.8 Å². The summed E-state index contributed by atoms with van der Waals surface area (Å²) in [6.45, 7) is 10.8. The SMILES string of the molecule is CC(=O)NC(CCCNC(=N)N)C(=O)NC(CCCCNC(=O)Nc1ccc2c(c1)C(=O)OC21c2ccc(O)cc2Oc2cc(O)ccc21)C(=O)NC(CCCNC(=N)N)C(=O)NC(CSSC(C)(C)C)C(=O)NC(CCCNC(=N)N)C(=O)NC(C(=O)Nc1ccc2nc(C#N)sc2c1)C(C)C. The number of benzene rings is 4. The van der Waals surface area contributed by atoms with Crippen LogP contribution in [0.5, 0.6) is 23.0 Å². The van der Waals surface area contributed by atoms with Crippen LogP contribution in [-0.2, 0) is 43.9 Å². The number of carbonyl (C=O) groups is 9. The molecule has 23 N–H and O–H groups in total. The van der Waals surface area contributed by atoms with Gasteiger partial charge in [0, 0.05) is 83.8 Å². The number of aromatic nitrogens is 1. The summed E-state index contributed by atoms with van der Waals surface area (Å²) >= 11 is 1.14. The van der Waals surface area contributed by atoms with Crippen molar-refractivity contribution < 1.29 is 62.8 Å². The van der Waals surface area contributed by atoms with Gasteiger partial charge in [0.05, 0.1) is 15.8 Å². The maximum atomic E-state index is 14.9. The highest BCUT2D eigenvalue weighted by Crippen LogP contribution is 2.57. The number of unbranched alkanes of at least 4 members (excludes halogenated alkanes) is 1. The van der Waals surface area contributed by atoms with E-state index in [1.165, 1.54) is 58.8 Å². The summed E-state index contributed by atoms with van der Waals surface area (Å²) in [5, 5.41) is 85.9. The number of nitrogens with zero attached hydrogens (tertiary/aromatic N) is 2. The molecule has 2 aliphatic heterocycles. The molecular weight excluding hydrogens is 1390 g/mol. The summed E-state index contributed by atoms with van der Waals surface area (Å²) in [6, 6.07) is 11.6. The van der Waals surface area contributed by atoms with Gasteiger partial charge in [-0.1, -0.05) is 62.3 Å². The van der Waals surface area contributed by atoms with Crippen LogP contribution in [0.3, 0.4) is 0 Å². The predicted octanol–water partition coefficient (Wildman–Crippen LogP) is 3.63. The molecule has 0 radical (unpaired) electrons. The van der Waals surface area contributed by atoms with E-state index in [1.54, 1.807) is 56.3 Å². The number of aromatic hydroxyl groups is 2. The number of thiazole rings is 1. The van der Waals surface area contributed by atoms with Crippen molar-refractivity contribution in [3.05, 3.63) is 100 Å². The first kappa shape index (κ1) is 79.5. The number of hydrogen-bond donors (Lipinski definition) is 20. The molecule has 0 bridgehead atoms. The Kier molecular flexibility index (Phi) is 28.3. The van der Waals surface area contributed by atoms with E-state index in [0.717, 1.165) is 11.3 Å². The molecule has 6 unspecified atom stereocenters. The second-order valence-electron chi connectivity index (χ2n) is 25.6. The minimum atomic E-state index is -1.54. The highest BCUT2D eigenvalue weighted by atomic mass is 33.1. The fraction of sp³-hybridized carbons (Fsp3) is 0.433. The molecule has 0 fully saturated rings. The van der Waals surface area contributed by atoms with E-state index in [1.807, 2.05) is 26.8 Å². The van der Waals surface area contributed by atoms with Crippen LogP contribution in [-0.4, -0.2) is 159 Å². The molecular formula is C67H88N20O13S3. The summed E-state index contributed by atoms with van der Waals surface area (Å²) in [5.74, 6) is -7.42. The summed E-state index contributed by atoms with van der Waals surface area (Å²) in [6.07, 6.45) is 0.659. The van der Waals surface area contributed by atoms with Crippen LogP contribution < -0.4 is 85.7 Å². The number of fused-ring (bicyclic) bond motifs is 7. The standard InChI is InChI=1S/C67H88N20O13S3/c1-34(2)54(60(96)80-37-17-23-44-52(29-37)102-53(32-68)82-44)87-58(94)48(15-11-27-77-64(73)74)85-59(95)49(33-101-103-66(4,5)6)86-57(93)47(14-10-26-76-63(71)72)84-56(92)46(83-55(91)45(79-35(3)88)13-9-25-75-62(69)70)12-7-8-24-78-65(98)81-36-16-20-41-40(28-36)61(97)100-67(41)42-21-18-38(89)30-50(42)99-51-31-39(90)19-22-43(51)67/h16-23,28-31,34,45-49,54,89-90H,7-15,24-27,33H2,1-6H3,(H,79,88)(H,80,96)(H,83,91)(H,84,92)(H,85,95)(H,86,93)(H,87,94)(H4,69,70,75)(H4,71,72,76)(H4,73,74,77)(H2,78,81,98). The molecule has 0 aliphatic carbocycles. The summed E-state index contributed by atoms with van der Waals surface area (Å²) in [4.78, 5) is 131. The van der Waals surface area contributed by atoms with Gasteiger partial charge >= 0.3 is 12.0 Å². The molecule has 1 spiro atoms. The molecule has 9 amide bonds. The number of urea groups is 1. The van der Waals surface area contributed by atoms with E-state index in [0.29, 0.717) is 32.6 Å². The fourth-order valence-corrected chi connectivity index (χ4v) is 14.4. The quantitative estimate of drug-likeness (QED) is 0.00905. The van der Waals surface area contributed by atoms with Crippen molar-refractivity contribution in [1.82, 2.24) is 58.2 Å². The Bertz CT molecular complexity index is 4000. The monoisotopic (exact) mass is 1480 g/mol. The van der Waals surface area contributed by atoms with Gasteiger partial charge < -0.3 is 101 Å². The average molecular weight is 1480 g/mol. The Morgan fingerprint density at radius 2 is 1.07 bits per heavy atom. The summed E-state index contributed by atoms with van der Waals surface area (Å²) in [7, 11) is 2.65. The third-order valence-electron chi connectivity index (χ3n) is 16.0. The Morgan fingerprint density at radius 3 is 1.57 bits per heavy atom. The number of phenolic OH excluding ortho intramolecular Hbond substituents is 2. The van der Waals surface area contributed by atoms with Gasteiger partial charge in [-0.15, -0.1) is 11.3 Å². The van der Waals surface area contributed by atoms with Gasteiger partial charge in [-0.2, -0.15) is 5.26 Å². The van der Waals surface area contributed by atoms with Crippen LogP contribution in [0.4, 0.5) is 16.2 Å². The van der Waals surface area contributed by atoms with Gasteiger partial charge in [-0.05, 0) is 118 Å². The van der Waals surface area contributed by atoms with Crippen molar-refractivity contribution in [3.8, 4) is 29.1 Å². The van der Waals surface area contributed by atoms with Crippen molar-refractivity contribution >= 4 is 126 Å². The molecule has 36 heteroatoms. The van der Waals surface area contributed by atoms with E-state index in [4.69, 9.17) is 42.9 Å². The lowest BCUT2D eigenvalue weighted by Crippen LogP contribution is -2.60. The lowest BCUT2D eigenvalue weighted by atomic mass is 9.77. The smallest absolute Gasteiger partial charge is 0.340 e. The van der Waals surface area contributed by atoms with E-state index in [-0.39, 0.29) is 152 Å². The number of anilines is 2. The molecule has 4 aromatic carbocycles. The number of rotatable bonds is 35. The van der Waals surface area contributed by atoms with E-state index in [2.05, 4.69) is 68.8 Å². The van der Waals surface area contributed by atoms with Crippen LogP contribution in [0.15, 0.2) is 72.8 Å². The van der Waals surface area contributed by atoms with Crippen molar-refractivity contribution in [3.63, 3.8) is 0 Å². The van der Waals surface area contributed by atoms with Gasteiger partial charge in [0.2, 0.25) is 41.4 Å². The molecule has 552 valence electrons. The lowest BCUT2D eigenvalue weighted by molar-refractivity contribution is -0.135. The molecule has 0 saturated heterocycles. The van der Waals surface area contributed by atoms with E-state index < -0.39 is 101 Å². The number of hydrogen-bond acceptors (Lipinski definition) is 21. The maximum Gasteiger partial charge on any atom is 0.340 e. The third-order valence-corrected chi connectivity index (χ3v) is 20.2. The second-order valence-corrected chi connectivity index (χ2v) is 29.8. The highest BCUT2D eigenvalue weighted by Gasteiger charge is 2.54. The molecule has 5 aromatic rings. The summed E-state index contributed by atoms with van der Waals surface area (Å²) < 4.78 is 12.5. The van der Waals surface area contributed by atoms with Crippen molar-refractivity contribution in [1.29, 1.82) is 21.5 Å². The number of nitriles is 1. The Morgan fingerprint density at radius 1 is 0.602 bits per heavy atom. The molecule has 7 rings (SSSR count). The minimum absolute atomic E-state index is 0.0153. The fourth-order valence-electron chi connectivity index (χ4n) is 11.2. The Hall–Kier alpha value is -10.8. The number of guanidine groups is 3. The Balaban J connectivity index is 1.08. The minimum Gasteiger partial charge on any atom is -0.508 e. The van der Waals surface area contributed by atoms with Crippen LogP contribution in [0, 0.1) is 33.5 Å². The zero-order valence-corrected chi connectivity index (χ0v) is 60.1. The Labute approximate surface area is 605 Å². The number of amides is 9. The number of nitrogens with two attached hydrogens (primary N) is 3. The van der Waals surface area contributed by atoms with Gasteiger partial charge in [0.15, 0.2) is 28.5 Å². The van der Waals surface area contributed by atoms with Crippen LogP contribution in [0.2, 0.25) is 0 Å². The summed E-state index contributed by atoms with van der Waals surface area (Å²) in [5.41, 5.74) is 17.5. The van der Waals surface area contributed by atoms with Gasteiger partial charge in [0.1, 0.15) is 65.3 Å². The van der Waals surface area contributed by atoms with E-state index >= 15 is 0 Å². The highest BCUT2D eigenvalue weighted by molar-refractivity contribution is 8.77. The first-order valence-electron chi connectivity index (χ1n) is 33.1. The number of phenols is 2. The molecule has 103 heavy (non-hydrogen) atoms. The molecule has 2 aliphatic rings. The molecule has 6 atom stereocenters.